The van der Waals surface area contributed by atoms with Crippen molar-refractivity contribution < 1.29 is 9.53 Å². The fourth-order valence-corrected chi connectivity index (χ4v) is 2.08. The highest BCUT2D eigenvalue weighted by atomic mass is 16.5. The monoisotopic (exact) mass is 237 g/mol. The molecule has 17 heavy (non-hydrogen) atoms. The van der Waals surface area contributed by atoms with E-state index in [0.29, 0.717) is 12.2 Å². The molecule has 0 unspecified atom stereocenters. The van der Waals surface area contributed by atoms with Crippen LogP contribution in [0.15, 0.2) is 6.33 Å². The number of nitrogens with zero attached hydrogens (tertiary/aromatic N) is 2. The van der Waals surface area contributed by atoms with Crippen LogP contribution in [-0.2, 0) is 11.8 Å². The maximum Gasteiger partial charge on any atom is 0.269 e. The van der Waals surface area contributed by atoms with Gasteiger partial charge in [-0.2, -0.15) is 0 Å². The summed E-state index contributed by atoms with van der Waals surface area (Å²) >= 11 is 0. The van der Waals surface area contributed by atoms with Crippen LogP contribution >= 0.6 is 0 Å². The number of hydrogen-bond donors (Lipinski definition) is 1. The highest BCUT2D eigenvalue weighted by molar-refractivity contribution is 5.93. The maximum absolute atomic E-state index is 12.0. The van der Waals surface area contributed by atoms with Crippen molar-refractivity contribution in [1.82, 2.24) is 14.9 Å². The minimum Gasteiger partial charge on any atom is -0.384 e. The van der Waals surface area contributed by atoms with Crippen molar-refractivity contribution in [2.24, 2.45) is 12.5 Å². The molecule has 0 spiro atoms. The number of ether oxygens (including phenoxy) is 1. The van der Waals surface area contributed by atoms with Crippen molar-refractivity contribution in [3.05, 3.63) is 17.7 Å². The van der Waals surface area contributed by atoms with Gasteiger partial charge in [-0.15, -0.1) is 0 Å². The van der Waals surface area contributed by atoms with Gasteiger partial charge < -0.3 is 14.6 Å². The number of methoxy groups -OCH3 is 1. The summed E-state index contributed by atoms with van der Waals surface area (Å²) in [5.41, 5.74) is 1.58. The standard InChI is InChI=1S/C12H19N3O2/c1-9-10(15(2)8-14-9)11(16)13-6-12(4-5-12)7-17-3/h8H,4-7H2,1-3H3,(H,13,16). The summed E-state index contributed by atoms with van der Waals surface area (Å²) in [5, 5.41) is 2.97. The predicted octanol–water partition coefficient (Wildman–Crippen LogP) is 0.885. The van der Waals surface area contributed by atoms with Crippen LogP contribution in [0.2, 0.25) is 0 Å². The van der Waals surface area contributed by atoms with Gasteiger partial charge in [-0.05, 0) is 19.8 Å². The summed E-state index contributed by atoms with van der Waals surface area (Å²) in [7, 11) is 3.53. The largest absolute Gasteiger partial charge is 0.384 e. The van der Waals surface area contributed by atoms with Gasteiger partial charge in [0.15, 0.2) is 0 Å². The lowest BCUT2D eigenvalue weighted by Crippen LogP contribution is -2.33. The van der Waals surface area contributed by atoms with Gasteiger partial charge in [-0.25, -0.2) is 4.98 Å². The Labute approximate surface area is 101 Å². The Hall–Kier alpha value is -1.36. The molecule has 94 valence electrons. The van der Waals surface area contributed by atoms with Crippen LogP contribution in [0.5, 0.6) is 0 Å². The number of nitrogens with one attached hydrogen (secondary N) is 1. The predicted molar refractivity (Wildman–Crippen MR) is 63.8 cm³/mol. The van der Waals surface area contributed by atoms with Gasteiger partial charge >= 0.3 is 0 Å². The molecule has 1 aliphatic carbocycles. The summed E-state index contributed by atoms with van der Waals surface area (Å²) in [6.07, 6.45) is 3.92. The van der Waals surface area contributed by atoms with E-state index in [4.69, 9.17) is 4.74 Å². The number of hydrogen-bond acceptors (Lipinski definition) is 3. The Morgan fingerprint density at radius 2 is 2.35 bits per heavy atom. The van der Waals surface area contributed by atoms with E-state index in [-0.39, 0.29) is 11.3 Å². The molecule has 0 bridgehead atoms. The van der Waals surface area contributed by atoms with E-state index in [9.17, 15) is 4.79 Å². The second-order valence-electron chi connectivity index (χ2n) is 4.91. The van der Waals surface area contributed by atoms with Crippen LogP contribution in [0.3, 0.4) is 0 Å². The third kappa shape index (κ3) is 2.49. The molecule has 0 saturated heterocycles. The minimum atomic E-state index is -0.0510. The van der Waals surface area contributed by atoms with E-state index in [1.165, 1.54) is 0 Å². The third-order valence-corrected chi connectivity index (χ3v) is 3.37. The molecule has 5 nitrogen and oxygen atoms in total. The lowest BCUT2D eigenvalue weighted by atomic mass is 10.1. The van der Waals surface area contributed by atoms with Gasteiger partial charge in [0, 0.05) is 26.1 Å². The SMILES string of the molecule is COCC1(CNC(=O)c2c(C)ncn2C)CC1. The minimum absolute atomic E-state index is 0.0510. The van der Waals surface area contributed by atoms with E-state index in [2.05, 4.69) is 10.3 Å². The van der Waals surface area contributed by atoms with E-state index in [0.717, 1.165) is 25.1 Å². The Morgan fingerprint density at radius 1 is 1.65 bits per heavy atom. The van der Waals surface area contributed by atoms with Crippen LogP contribution in [0.4, 0.5) is 0 Å². The van der Waals surface area contributed by atoms with E-state index < -0.39 is 0 Å². The molecule has 1 fully saturated rings. The number of imidazole rings is 1. The first-order valence-electron chi connectivity index (χ1n) is 5.83. The highest BCUT2D eigenvalue weighted by Gasteiger charge is 2.42. The molecular formula is C12H19N3O2. The molecular weight excluding hydrogens is 218 g/mol. The van der Waals surface area contributed by atoms with Crippen molar-refractivity contribution in [2.75, 3.05) is 20.3 Å². The Balaban J connectivity index is 1.94. The van der Waals surface area contributed by atoms with Crippen LogP contribution in [0, 0.1) is 12.3 Å². The first-order chi connectivity index (χ1) is 8.08. The van der Waals surface area contributed by atoms with E-state index in [1.54, 1.807) is 18.0 Å². The van der Waals surface area contributed by atoms with Crippen molar-refractivity contribution in [2.45, 2.75) is 19.8 Å². The average molecular weight is 237 g/mol. The summed E-state index contributed by atoms with van der Waals surface area (Å²) in [5.74, 6) is -0.0510. The number of aryl methyl sites for hydroxylation is 2. The summed E-state index contributed by atoms with van der Waals surface area (Å²) in [6.45, 7) is 3.25. The quantitative estimate of drug-likeness (QED) is 0.827. The van der Waals surface area contributed by atoms with Crippen LogP contribution in [0.25, 0.3) is 0 Å². The molecule has 1 amide bonds. The number of carbonyl (C=O) groups excluding carboxylic acids is 1. The normalized spacial score (nSPS) is 16.9. The average Bonchev–Trinajstić information content (AvgIpc) is 2.97. The molecule has 1 heterocycles. The van der Waals surface area contributed by atoms with Gasteiger partial charge in [-0.1, -0.05) is 0 Å². The lowest BCUT2D eigenvalue weighted by molar-refractivity contribution is 0.0911. The van der Waals surface area contributed by atoms with Crippen LogP contribution in [0.1, 0.15) is 29.0 Å². The van der Waals surface area contributed by atoms with Crippen molar-refractivity contribution in [3.63, 3.8) is 0 Å². The van der Waals surface area contributed by atoms with Gasteiger partial charge in [0.25, 0.3) is 5.91 Å². The summed E-state index contributed by atoms with van der Waals surface area (Å²) in [4.78, 5) is 16.1. The fourth-order valence-electron chi connectivity index (χ4n) is 2.08. The first kappa shape index (κ1) is 12.1. The van der Waals surface area contributed by atoms with Crippen molar-refractivity contribution in [3.8, 4) is 0 Å². The molecule has 0 aromatic carbocycles. The molecule has 2 rings (SSSR count). The Morgan fingerprint density at radius 3 is 2.82 bits per heavy atom. The molecule has 1 N–H and O–H groups in total. The molecule has 1 aliphatic rings. The number of rotatable bonds is 5. The highest BCUT2D eigenvalue weighted by Crippen LogP contribution is 2.45. The van der Waals surface area contributed by atoms with Crippen LogP contribution < -0.4 is 5.32 Å². The second kappa shape index (κ2) is 4.49. The molecule has 1 aromatic rings. The second-order valence-corrected chi connectivity index (χ2v) is 4.91. The summed E-state index contributed by atoms with van der Waals surface area (Å²) < 4.78 is 6.92. The topological polar surface area (TPSA) is 56.1 Å². The smallest absolute Gasteiger partial charge is 0.269 e. The number of carbonyl (C=O) groups is 1. The van der Waals surface area contributed by atoms with E-state index >= 15 is 0 Å². The first-order valence-corrected chi connectivity index (χ1v) is 5.83. The van der Waals surface area contributed by atoms with E-state index in [1.807, 2.05) is 14.0 Å². The van der Waals surface area contributed by atoms with Gasteiger partial charge in [0.2, 0.25) is 0 Å². The van der Waals surface area contributed by atoms with Gasteiger partial charge in [0.1, 0.15) is 5.69 Å². The summed E-state index contributed by atoms with van der Waals surface area (Å²) in [6, 6.07) is 0. The van der Waals surface area contributed by atoms with Crippen molar-refractivity contribution in [1.29, 1.82) is 0 Å². The van der Waals surface area contributed by atoms with Gasteiger partial charge in [0.05, 0.1) is 18.6 Å². The van der Waals surface area contributed by atoms with Crippen LogP contribution in [-0.4, -0.2) is 35.7 Å². The Kier molecular flexibility index (Phi) is 3.19. The number of amides is 1. The molecule has 1 aromatic heterocycles. The zero-order valence-corrected chi connectivity index (χ0v) is 10.6. The van der Waals surface area contributed by atoms with Crippen molar-refractivity contribution >= 4 is 5.91 Å². The zero-order chi connectivity index (χ0) is 12.5. The molecule has 1 saturated carbocycles. The zero-order valence-electron chi connectivity index (χ0n) is 10.6. The molecule has 0 radical (unpaired) electrons. The van der Waals surface area contributed by atoms with Gasteiger partial charge in [-0.3, -0.25) is 4.79 Å². The Bertz CT molecular complexity index is 402. The molecule has 0 atom stereocenters. The fraction of sp³-hybridized carbons (Fsp3) is 0.667. The lowest BCUT2D eigenvalue weighted by Gasteiger charge is -2.15. The number of aromatic nitrogens is 2. The molecule has 0 aliphatic heterocycles. The molecule has 5 heteroatoms. The third-order valence-electron chi connectivity index (χ3n) is 3.37. The maximum atomic E-state index is 12.0.